The molecular weight excluding hydrogens is 196 g/mol. The summed E-state index contributed by atoms with van der Waals surface area (Å²) in [4.78, 5) is 5.85. The second-order valence-electron chi connectivity index (χ2n) is 3.11. The lowest BCUT2D eigenvalue weighted by atomic mass is 10.4. The predicted octanol–water partition coefficient (Wildman–Crippen LogP) is -1.34. The SMILES string of the molecule is NCCN1CCOCC1.Nc1ncn[nH]1. The van der Waals surface area contributed by atoms with Crippen LogP contribution in [0.2, 0.25) is 0 Å². The van der Waals surface area contributed by atoms with Crippen molar-refractivity contribution in [2.24, 2.45) is 5.73 Å². The Morgan fingerprint density at radius 2 is 2.20 bits per heavy atom. The molecule has 0 spiro atoms. The van der Waals surface area contributed by atoms with Crippen LogP contribution < -0.4 is 11.5 Å². The first-order valence-electron chi connectivity index (χ1n) is 4.94. The third-order valence-corrected chi connectivity index (χ3v) is 1.98. The minimum atomic E-state index is 0.356. The quantitative estimate of drug-likeness (QED) is 0.563. The zero-order valence-electron chi connectivity index (χ0n) is 8.72. The molecule has 0 amide bonds. The first kappa shape index (κ1) is 11.9. The average Bonchev–Trinajstić information content (AvgIpc) is 2.72. The third kappa shape index (κ3) is 5.31. The monoisotopic (exact) mass is 214 g/mol. The molecule has 5 N–H and O–H groups in total. The van der Waals surface area contributed by atoms with Gasteiger partial charge in [0.15, 0.2) is 0 Å². The number of H-pyrrole nitrogens is 1. The zero-order valence-corrected chi connectivity index (χ0v) is 8.72. The van der Waals surface area contributed by atoms with E-state index in [1.54, 1.807) is 0 Å². The lowest BCUT2D eigenvalue weighted by Gasteiger charge is -2.25. The maximum atomic E-state index is 5.38. The van der Waals surface area contributed by atoms with Crippen LogP contribution in [0.15, 0.2) is 6.33 Å². The van der Waals surface area contributed by atoms with Crippen LogP contribution in [-0.4, -0.2) is 59.5 Å². The van der Waals surface area contributed by atoms with Crippen molar-refractivity contribution >= 4 is 5.95 Å². The number of hydrogen-bond donors (Lipinski definition) is 3. The van der Waals surface area contributed by atoms with E-state index in [-0.39, 0.29) is 0 Å². The number of anilines is 1. The van der Waals surface area contributed by atoms with Crippen molar-refractivity contribution in [3.05, 3.63) is 6.33 Å². The second kappa shape index (κ2) is 7.16. The molecule has 1 aliphatic heterocycles. The zero-order chi connectivity index (χ0) is 10.9. The van der Waals surface area contributed by atoms with E-state index < -0.39 is 0 Å². The third-order valence-electron chi connectivity index (χ3n) is 1.98. The minimum absolute atomic E-state index is 0.356. The minimum Gasteiger partial charge on any atom is -0.379 e. The van der Waals surface area contributed by atoms with Gasteiger partial charge in [-0.3, -0.25) is 4.90 Å². The smallest absolute Gasteiger partial charge is 0.215 e. The van der Waals surface area contributed by atoms with Crippen LogP contribution in [0.4, 0.5) is 5.95 Å². The van der Waals surface area contributed by atoms with Gasteiger partial charge in [0.1, 0.15) is 6.33 Å². The van der Waals surface area contributed by atoms with Crippen molar-refractivity contribution in [1.82, 2.24) is 20.1 Å². The van der Waals surface area contributed by atoms with Gasteiger partial charge in [0.05, 0.1) is 13.2 Å². The highest BCUT2D eigenvalue weighted by atomic mass is 16.5. The van der Waals surface area contributed by atoms with E-state index in [0.29, 0.717) is 5.95 Å². The lowest BCUT2D eigenvalue weighted by Crippen LogP contribution is -2.39. The standard InChI is InChI=1S/C6H14N2O.C2H4N4/c7-1-2-8-3-5-9-6-4-8;3-2-4-1-5-6-2/h1-7H2;1H,(H3,3,4,5,6). The van der Waals surface area contributed by atoms with E-state index in [1.165, 1.54) is 6.33 Å². The first-order chi connectivity index (χ1) is 7.33. The molecule has 1 aromatic heterocycles. The topological polar surface area (TPSA) is 106 Å². The van der Waals surface area contributed by atoms with Crippen molar-refractivity contribution in [1.29, 1.82) is 0 Å². The predicted molar refractivity (Wildman–Crippen MR) is 57.1 cm³/mol. The van der Waals surface area contributed by atoms with E-state index in [0.717, 1.165) is 39.4 Å². The van der Waals surface area contributed by atoms with Gasteiger partial charge in [0.25, 0.3) is 0 Å². The molecule has 7 nitrogen and oxygen atoms in total. The van der Waals surface area contributed by atoms with Gasteiger partial charge in [-0.25, -0.2) is 10.1 Å². The molecule has 1 fully saturated rings. The number of nitrogen functional groups attached to an aromatic ring is 1. The van der Waals surface area contributed by atoms with E-state index in [1.807, 2.05) is 0 Å². The van der Waals surface area contributed by atoms with Crippen LogP contribution in [0.25, 0.3) is 0 Å². The van der Waals surface area contributed by atoms with E-state index in [2.05, 4.69) is 20.1 Å². The van der Waals surface area contributed by atoms with Crippen LogP contribution in [0.3, 0.4) is 0 Å². The number of nitrogens with two attached hydrogens (primary N) is 2. The summed E-state index contributed by atoms with van der Waals surface area (Å²) in [5, 5.41) is 5.88. The van der Waals surface area contributed by atoms with Gasteiger partial charge in [0, 0.05) is 26.2 Å². The van der Waals surface area contributed by atoms with Gasteiger partial charge >= 0.3 is 0 Å². The molecule has 7 heteroatoms. The number of nitrogens with zero attached hydrogens (tertiary/aromatic N) is 3. The fraction of sp³-hybridized carbons (Fsp3) is 0.750. The first-order valence-corrected chi connectivity index (χ1v) is 4.94. The lowest BCUT2D eigenvalue weighted by molar-refractivity contribution is 0.0394. The van der Waals surface area contributed by atoms with Gasteiger partial charge in [-0.2, -0.15) is 5.10 Å². The second-order valence-corrected chi connectivity index (χ2v) is 3.11. The molecule has 2 heterocycles. The Kier molecular flexibility index (Phi) is 5.67. The molecule has 2 rings (SSSR count). The molecule has 0 radical (unpaired) electrons. The van der Waals surface area contributed by atoms with Crippen LogP contribution in [-0.2, 0) is 4.74 Å². The fourth-order valence-corrected chi connectivity index (χ4v) is 1.22. The van der Waals surface area contributed by atoms with Crippen molar-refractivity contribution in [2.75, 3.05) is 45.1 Å². The molecule has 0 atom stereocenters. The molecule has 86 valence electrons. The highest BCUT2D eigenvalue weighted by molar-refractivity contribution is 5.07. The van der Waals surface area contributed by atoms with Crippen LogP contribution in [0.5, 0.6) is 0 Å². The Morgan fingerprint density at radius 1 is 1.47 bits per heavy atom. The van der Waals surface area contributed by atoms with Crippen LogP contribution in [0, 0.1) is 0 Å². The van der Waals surface area contributed by atoms with Crippen molar-refractivity contribution in [3.8, 4) is 0 Å². The summed E-state index contributed by atoms with van der Waals surface area (Å²) in [7, 11) is 0. The van der Waals surface area contributed by atoms with Crippen LogP contribution in [0.1, 0.15) is 0 Å². The summed E-state index contributed by atoms with van der Waals surface area (Å²) < 4.78 is 5.16. The molecule has 0 aromatic carbocycles. The van der Waals surface area contributed by atoms with Gasteiger partial charge in [0.2, 0.25) is 5.95 Å². The highest BCUT2D eigenvalue weighted by Crippen LogP contribution is 1.93. The summed E-state index contributed by atoms with van der Waals surface area (Å²) in [5.74, 6) is 0.356. The Bertz CT molecular complexity index is 231. The summed E-state index contributed by atoms with van der Waals surface area (Å²) in [5.41, 5.74) is 10.4. The largest absolute Gasteiger partial charge is 0.379 e. The summed E-state index contributed by atoms with van der Waals surface area (Å²) in [6.45, 7) is 5.64. The fourth-order valence-electron chi connectivity index (χ4n) is 1.22. The van der Waals surface area contributed by atoms with Crippen molar-refractivity contribution < 1.29 is 4.74 Å². The Balaban J connectivity index is 0.000000162. The number of ether oxygens (including phenoxy) is 1. The molecular formula is C8H18N6O. The molecule has 1 saturated heterocycles. The van der Waals surface area contributed by atoms with Gasteiger partial charge in [-0.15, -0.1) is 0 Å². The van der Waals surface area contributed by atoms with E-state index in [9.17, 15) is 0 Å². The normalized spacial score (nSPS) is 16.9. The van der Waals surface area contributed by atoms with E-state index in [4.69, 9.17) is 16.2 Å². The van der Waals surface area contributed by atoms with Gasteiger partial charge < -0.3 is 16.2 Å². The maximum absolute atomic E-state index is 5.38. The number of morpholine rings is 1. The number of aromatic amines is 1. The highest BCUT2D eigenvalue weighted by Gasteiger charge is 2.07. The number of hydrogen-bond acceptors (Lipinski definition) is 6. The van der Waals surface area contributed by atoms with Crippen LogP contribution >= 0.6 is 0 Å². The Morgan fingerprint density at radius 3 is 2.60 bits per heavy atom. The van der Waals surface area contributed by atoms with E-state index >= 15 is 0 Å². The summed E-state index contributed by atoms with van der Waals surface area (Å²) in [6, 6.07) is 0. The van der Waals surface area contributed by atoms with Gasteiger partial charge in [-0.05, 0) is 0 Å². The van der Waals surface area contributed by atoms with Crippen molar-refractivity contribution in [2.45, 2.75) is 0 Å². The number of rotatable bonds is 2. The molecule has 1 aromatic rings. The maximum Gasteiger partial charge on any atom is 0.215 e. The molecule has 0 saturated carbocycles. The van der Waals surface area contributed by atoms with Crippen molar-refractivity contribution in [3.63, 3.8) is 0 Å². The number of nitrogens with one attached hydrogen (secondary N) is 1. The molecule has 0 aliphatic carbocycles. The molecule has 15 heavy (non-hydrogen) atoms. The number of aromatic nitrogens is 3. The Labute approximate surface area is 88.8 Å². The van der Waals surface area contributed by atoms with Gasteiger partial charge in [-0.1, -0.05) is 0 Å². The molecule has 0 unspecified atom stereocenters. The average molecular weight is 214 g/mol. The molecule has 1 aliphatic rings. The Hall–Kier alpha value is -1.18. The molecule has 0 bridgehead atoms. The summed E-state index contributed by atoms with van der Waals surface area (Å²) >= 11 is 0. The summed E-state index contributed by atoms with van der Waals surface area (Å²) in [6.07, 6.45) is 1.36.